The minimum atomic E-state index is 0.0791. The van der Waals surface area contributed by atoms with E-state index in [0.29, 0.717) is 17.8 Å². The Morgan fingerprint density at radius 3 is 2.18 bits per heavy atom. The van der Waals surface area contributed by atoms with Crippen molar-refractivity contribution in [3.63, 3.8) is 0 Å². The molecule has 1 nitrogen and oxygen atoms in total. The second-order valence-corrected chi connectivity index (χ2v) is 7.39. The summed E-state index contributed by atoms with van der Waals surface area (Å²) in [4.78, 5) is 4.28. The van der Waals surface area contributed by atoms with E-state index in [1.165, 1.54) is 16.7 Å². The van der Waals surface area contributed by atoms with Crippen LogP contribution in [0.2, 0.25) is 0 Å². The maximum absolute atomic E-state index is 4.28. The van der Waals surface area contributed by atoms with Crippen LogP contribution in [0.4, 0.5) is 0 Å². The van der Waals surface area contributed by atoms with Crippen LogP contribution in [0.15, 0.2) is 48.8 Å². The molecule has 0 N–H and O–H groups in total. The molecule has 22 heavy (non-hydrogen) atoms. The maximum Gasteiger partial charge on any atom is 0.0302 e. The largest absolute Gasteiger partial charge is 0.264 e. The Kier molecular flexibility index (Phi) is 5.05. The first kappa shape index (κ1) is 16.7. The van der Waals surface area contributed by atoms with E-state index in [2.05, 4.69) is 76.9 Å². The second-order valence-electron chi connectivity index (χ2n) is 7.39. The van der Waals surface area contributed by atoms with Crippen LogP contribution in [-0.4, -0.2) is 4.98 Å². The lowest BCUT2D eigenvalue weighted by Gasteiger charge is -2.33. The molecule has 0 bridgehead atoms. The van der Waals surface area contributed by atoms with Gasteiger partial charge >= 0.3 is 0 Å². The molecule has 0 radical (unpaired) electrons. The highest BCUT2D eigenvalue weighted by Crippen LogP contribution is 2.39. The SMILES string of the molecule is CC(C)C(C)c1cccc(C(C)(C)C(C)c2cccnc2)c1. The fourth-order valence-corrected chi connectivity index (χ4v) is 2.91. The Bertz CT molecular complexity index is 598. The van der Waals surface area contributed by atoms with Gasteiger partial charge in [-0.1, -0.05) is 71.9 Å². The zero-order chi connectivity index (χ0) is 16.3. The molecule has 0 amide bonds. The van der Waals surface area contributed by atoms with E-state index < -0.39 is 0 Å². The molecule has 1 aromatic carbocycles. The number of pyridine rings is 1. The third-order valence-corrected chi connectivity index (χ3v) is 5.42. The number of aromatic nitrogens is 1. The molecule has 1 aromatic heterocycles. The molecule has 2 unspecified atom stereocenters. The van der Waals surface area contributed by atoms with Gasteiger partial charge < -0.3 is 0 Å². The van der Waals surface area contributed by atoms with Gasteiger partial charge in [-0.15, -0.1) is 0 Å². The first-order valence-electron chi connectivity index (χ1n) is 8.34. The first-order valence-corrected chi connectivity index (χ1v) is 8.34. The van der Waals surface area contributed by atoms with Crippen molar-refractivity contribution in [3.05, 3.63) is 65.5 Å². The lowest BCUT2D eigenvalue weighted by atomic mass is 9.71. The zero-order valence-corrected chi connectivity index (χ0v) is 14.8. The molecule has 118 valence electrons. The van der Waals surface area contributed by atoms with E-state index in [1.807, 2.05) is 18.5 Å². The van der Waals surface area contributed by atoms with E-state index in [0.717, 1.165) is 0 Å². The van der Waals surface area contributed by atoms with Crippen LogP contribution in [0.3, 0.4) is 0 Å². The molecule has 0 saturated carbocycles. The standard InChI is InChI=1S/C21H29N/c1-15(2)16(3)18-9-7-11-20(13-18)21(5,6)17(4)19-10-8-12-22-14-19/h7-17H,1-6H3. The third kappa shape index (κ3) is 3.40. The normalized spacial score (nSPS) is 14.9. The van der Waals surface area contributed by atoms with Gasteiger partial charge in [0.2, 0.25) is 0 Å². The van der Waals surface area contributed by atoms with E-state index in [-0.39, 0.29) is 5.41 Å². The van der Waals surface area contributed by atoms with E-state index in [4.69, 9.17) is 0 Å². The molecule has 0 aliphatic rings. The van der Waals surface area contributed by atoms with E-state index in [9.17, 15) is 0 Å². The number of nitrogens with zero attached hydrogens (tertiary/aromatic N) is 1. The topological polar surface area (TPSA) is 12.9 Å². The number of rotatable bonds is 5. The molecule has 0 aliphatic heterocycles. The van der Waals surface area contributed by atoms with Crippen molar-refractivity contribution in [2.45, 2.75) is 58.8 Å². The molecule has 1 heteroatoms. The molecule has 2 atom stereocenters. The lowest BCUT2D eigenvalue weighted by molar-refractivity contribution is 0.434. The summed E-state index contributed by atoms with van der Waals surface area (Å²) in [5.74, 6) is 1.67. The van der Waals surface area contributed by atoms with Gasteiger partial charge in [0.15, 0.2) is 0 Å². The predicted octanol–water partition coefficient (Wildman–Crippen LogP) is 5.92. The summed E-state index contributed by atoms with van der Waals surface area (Å²) in [5, 5.41) is 0. The number of hydrogen-bond donors (Lipinski definition) is 0. The molecular formula is C21H29N. The smallest absolute Gasteiger partial charge is 0.0302 e. The van der Waals surface area contributed by atoms with Crippen LogP contribution in [-0.2, 0) is 5.41 Å². The van der Waals surface area contributed by atoms with Gasteiger partial charge in [-0.2, -0.15) is 0 Å². The molecule has 0 aliphatic carbocycles. The fourth-order valence-electron chi connectivity index (χ4n) is 2.91. The molecule has 0 spiro atoms. The lowest BCUT2D eigenvalue weighted by Crippen LogP contribution is -2.25. The second kappa shape index (κ2) is 6.64. The summed E-state index contributed by atoms with van der Waals surface area (Å²) in [5.41, 5.74) is 4.23. The summed E-state index contributed by atoms with van der Waals surface area (Å²) in [6, 6.07) is 13.3. The monoisotopic (exact) mass is 295 g/mol. The zero-order valence-electron chi connectivity index (χ0n) is 14.8. The quantitative estimate of drug-likeness (QED) is 0.667. The molecule has 1 heterocycles. The third-order valence-electron chi connectivity index (χ3n) is 5.42. The Morgan fingerprint density at radius 1 is 0.909 bits per heavy atom. The number of hydrogen-bond acceptors (Lipinski definition) is 1. The Balaban J connectivity index is 2.35. The van der Waals surface area contributed by atoms with Crippen molar-refractivity contribution in [2.75, 3.05) is 0 Å². The number of benzene rings is 1. The van der Waals surface area contributed by atoms with Crippen LogP contribution in [0.5, 0.6) is 0 Å². The van der Waals surface area contributed by atoms with Crippen LogP contribution in [0.1, 0.15) is 70.1 Å². The van der Waals surface area contributed by atoms with Gasteiger partial charge in [-0.3, -0.25) is 4.98 Å². The van der Waals surface area contributed by atoms with Crippen molar-refractivity contribution >= 4 is 0 Å². The minimum Gasteiger partial charge on any atom is -0.264 e. The van der Waals surface area contributed by atoms with Crippen molar-refractivity contribution in [2.24, 2.45) is 5.92 Å². The average molecular weight is 295 g/mol. The summed E-state index contributed by atoms with van der Waals surface area (Å²) in [6.45, 7) is 13.9. The van der Waals surface area contributed by atoms with Gasteiger partial charge in [0, 0.05) is 12.4 Å². The van der Waals surface area contributed by atoms with E-state index >= 15 is 0 Å². The van der Waals surface area contributed by atoms with Crippen LogP contribution in [0.25, 0.3) is 0 Å². The summed E-state index contributed by atoms with van der Waals surface area (Å²) >= 11 is 0. The van der Waals surface area contributed by atoms with Crippen LogP contribution < -0.4 is 0 Å². The molecule has 0 saturated heterocycles. The maximum atomic E-state index is 4.28. The first-order chi connectivity index (χ1) is 10.3. The van der Waals surface area contributed by atoms with Gasteiger partial charge in [0.05, 0.1) is 0 Å². The Hall–Kier alpha value is -1.63. The fraction of sp³-hybridized carbons (Fsp3) is 0.476. The van der Waals surface area contributed by atoms with Crippen molar-refractivity contribution in [1.82, 2.24) is 4.98 Å². The van der Waals surface area contributed by atoms with Crippen molar-refractivity contribution in [1.29, 1.82) is 0 Å². The van der Waals surface area contributed by atoms with Crippen molar-refractivity contribution < 1.29 is 0 Å². The van der Waals surface area contributed by atoms with Gasteiger partial charge in [-0.05, 0) is 45.9 Å². The summed E-state index contributed by atoms with van der Waals surface area (Å²) in [7, 11) is 0. The summed E-state index contributed by atoms with van der Waals surface area (Å²) < 4.78 is 0. The molecule has 2 rings (SSSR count). The Morgan fingerprint density at radius 2 is 1.59 bits per heavy atom. The minimum absolute atomic E-state index is 0.0791. The predicted molar refractivity (Wildman–Crippen MR) is 95.4 cm³/mol. The Labute approximate surface area is 135 Å². The molecular weight excluding hydrogens is 266 g/mol. The highest BCUT2D eigenvalue weighted by atomic mass is 14.6. The van der Waals surface area contributed by atoms with Gasteiger partial charge in [0.25, 0.3) is 0 Å². The molecule has 0 fully saturated rings. The van der Waals surface area contributed by atoms with Crippen LogP contribution >= 0.6 is 0 Å². The summed E-state index contributed by atoms with van der Waals surface area (Å²) in [6.07, 6.45) is 3.83. The van der Waals surface area contributed by atoms with Gasteiger partial charge in [-0.25, -0.2) is 0 Å². The van der Waals surface area contributed by atoms with Crippen molar-refractivity contribution in [3.8, 4) is 0 Å². The average Bonchev–Trinajstić information content (AvgIpc) is 2.54. The van der Waals surface area contributed by atoms with Gasteiger partial charge in [0.1, 0.15) is 0 Å². The van der Waals surface area contributed by atoms with Crippen LogP contribution in [0, 0.1) is 5.92 Å². The highest BCUT2D eigenvalue weighted by molar-refractivity contribution is 5.35. The molecule has 2 aromatic rings. The van der Waals surface area contributed by atoms with E-state index in [1.54, 1.807) is 0 Å². The highest BCUT2D eigenvalue weighted by Gasteiger charge is 2.29.